The first-order valence-electron chi connectivity index (χ1n) is 7.12. The van der Waals surface area contributed by atoms with Crippen molar-refractivity contribution in [3.05, 3.63) is 47.7 Å². The molecule has 1 atom stereocenters. The molecule has 0 bridgehead atoms. The quantitative estimate of drug-likeness (QED) is 0.783. The van der Waals surface area contributed by atoms with Crippen molar-refractivity contribution in [1.82, 2.24) is 10.4 Å². The van der Waals surface area contributed by atoms with Gasteiger partial charge >= 0.3 is 18.0 Å². The number of amides is 1. The molecule has 2 rings (SSSR count). The predicted octanol–water partition coefficient (Wildman–Crippen LogP) is 3.00. The average molecular weight is 386 g/mol. The Balaban J connectivity index is 2.41. The lowest BCUT2D eigenvalue weighted by molar-refractivity contribution is -0.395. The van der Waals surface area contributed by atoms with Crippen molar-refractivity contribution in [2.24, 2.45) is 0 Å². The number of nitrogens with one attached hydrogen (secondary N) is 1. The number of carbonyl (C=O) groups excluding carboxylic acids is 1. The molecule has 0 saturated carbocycles. The Bertz CT molecular complexity index is 718. The smallest absolute Gasteiger partial charge is 0.361 e. The van der Waals surface area contributed by atoms with Gasteiger partial charge in [-0.3, -0.25) is 10.2 Å². The maximum absolute atomic E-state index is 14.1. The van der Waals surface area contributed by atoms with E-state index in [1.165, 1.54) is 24.3 Å². The lowest BCUT2D eigenvalue weighted by Gasteiger charge is -2.41. The van der Waals surface area contributed by atoms with Crippen molar-refractivity contribution in [3.63, 3.8) is 0 Å². The number of rotatable bonds is 4. The van der Waals surface area contributed by atoms with Gasteiger partial charge in [0.1, 0.15) is 0 Å². The Hall–Kier alpha value is -2.30. The Kier molecular flexibility index (Phi) is 4.73. The molecule has 1 aliphatic rings. The van der Waals surface area contributed by atoms with Crippen molar-refractivity contribution >= 4 is 5.91 Å². The van der Waals surface area contributed by atoms with Crippen molar-refractivity contribution in [3.8, 4) is 0 Å². The van der Waals surface area contributed by atoms with E-state index in [1.807, 2.05) is 5.43 Å². The highest BCUT2D eigenvalue weighted by Crippen LogP contribution is 2.53. The monoisotopic (exact) mass is 386 g/mol. The van der Waals surface area contributed by atoms with E-state index in [0.717, 1.165) is 6.92 Å². The molecule has 1 amide bonds. The third-order valence-corrected chi connectivity index (χ3v) is 3.71. The molecular weight excluding hydrogens is 373 g/mol. The van der Waals surface area contributed by atoms with Crippen LogP contribution in [0.3, 0.4) is 0 Å². The second-order valence-corrected chi connectivity index (χ2v) is 5.70. The zero-order valence-corrected chi connectivity index (χ0v) is 13.1. The fourth-order valence-corrected chi connectivity index (χ4v) is 2.40. The van der Waals surface area contributed by atoms with E-state index in [0.29, 0.717) is 0 Å². The fraction of sp³-hybridized carbons (Fsp3) is 0.400. The highest BCUT2D eigenvalue weighted by atomic mass is 19.4. The summed E-state index contributed by atoms with van der Waals surface area (Å²) < 4.78 is 92.3. The first-order valence-corrected chi connectivity index (χ1v) is 7.12. The van der Waals surface area contributed by atoms with Gasteiger partial charge in [0.2, 0.25) is 5.91 Å². The van der Waals surface area contributed by atoms with Gasteiger partial charge < -0.3 is 5.11 Å². The van der Waals surface area contributed by atoms with Gasteiger partial charge in [-0.2, -0.15) is 30.7 Å². The summed E-state index contributed by atoms with van der Waals surface area (Å²) >= 11 is 0. The summed E-state index contributed by atoms with van der Waals surface area (Å²) in [5, 5.41) is 9.72. The second kappa shape index (κ2) is 6.15. The van der Waals surface area contributed by atoms with Crippen LogP contribution < -0.4 is 5.43 Å². The topological polar surface area (TPSA) is 52.6 Å². The number of aliphatic hydroxyl groups is 1. The molecule has 0 fully saturated rings. The van der Waals surface area contributed by atoms with Crippen LogP contribution in [0.1, 0.15) is 12.5 Å². The minimum Gasteiger partial charge on any atom is -0.361 e. The summed E-state index contributed by atoms with van der Waals surface area (Å²) in [5.74, 6) is -14.0. The van der Waals surface area contributed by atoms with Gasteiger partial charge in [-0.1, -0.05) is 30.3 Å². The highest BCUT2D eigenvalue weighted by molar-refractivity contribution is 5.80. The Morgan fingerprint density at radius 3 is 2.15 bits per heavy atom. The predicted molar refractivity (Wildman–Crippen MR) is 74.8 cm³/mol. The SMILES string of the molecule is CC1=C[C@](O)(C(F)(F)C(F)(F)C(F)(F)F)N(C(=O)Cc2ccccc2)N1. The maximum Gasteiger partial charge on any atom is 0.460 e. The molecule has 0 saturated heterocycles. The largest absolute Gasteiger partial charge is 0.460 e. The molecule has 1 heterocycles. The van der Waals surface area contributed by atoms with Gasteiger partial charge in [0, 0.05) is 5.70 Å². The van der Waals surface area contributed by atoms with E-state index < -0.39 is 41.8 Å². The van der Waals surface area contributed by atoms with Crippen LogP contribution in [0.15, 0.2) is 42.1 Å². The second-order valence-electron chi connectivity index (χ2n) is 5.70. The minimum atomic E-state index is -6.65. The number of halogens is 7. The summed E-state index contributed by atoms with van der Waals surface area (Å²) in [6.07, 6.45) is -7.22. The van der Waals surface area contributed by atoms with Crippen molar-refractivity contribution in [2.75, 3.05) is 0 Å². The number of allylic oxidation sites excluding steroid dienone is 1. The van der Waals surface area contributed by atoms with Crippen LogP contribution in [0.5, 0.6) is 0 Å². The normalized spacial score (nSPS) is 21.4. The molecule has 4 nitrogen and oxygen atoms in total. The van der Waals surface area contributed by atoms with Crippen LogP contribution in [0.4, 0.5) is 30.7 Å². The standard InChI is InChI=1S/C15H13F7N2O2/c1-9-8-12(26,13(16,17)14(18,19)15(20,21)22)24(23-9)11(25)7-10-5-3-2-4-6-10/h2-6,8,23,26H,7H2,1H3/t12-/m0/s1. The molecule has 0 radical (unpaired) electrons. The molecule has 2 N–H and O–H groups in total. The summed E-state index contributed by atoms with van der Waals surface area (Å²) in [4.78, 5) is 12.2. The van der Waals surface area contributed by atoms with Gasteiger partial charge in [0.05, 0.1) is 6.42 Å². The third kappa shape index (κ3) is 3.00. The van der Waals surface area contributed by atoms with Crippen LogP contribution in [-0.2, 0) is 11.2 Å². The molecule has 0 aliphatic carbocycles. The van der Waals surface area contributed by atoms with E-state index in [2.05, 4.69) is 0 Å². The number of benzene rings is 1. The van der Waals surface area contributed by atoms with Crippen LogP contribution in [0, 0.1) is 0 Å². The number of alkyl halides is 7. The molecular formula is C15H13F7N2O2. The molecule has 1 aromatic rings. The molecule has 1 aliphatic heterocycles. The van der Waals surface area contributed by atoms with E-state index >= 15 is 0 Å². The van der Waals surface area contributed by atoms with E-state index in [1.54, 1.807) is 6.07 Å². The Morgan fingerprint density at radius 1 is 1.12 bits per heavy atom. The van der Waals surface area contributed by atoms with Gasteiger partial charge in [0.15, 0.2) is 0 Å². The van der Waals surface area contributed by atoms with Crippen LogP contribution >= 0.6 is 0 Å². The zero-order chi connectivity index (χ0) is 20.0. The first-order chi connectivity index (χ1) is 11.7. The average Bonchev–Trinajstić information content (AvgIpc) is 2.83. The number of hydrogen-bond acceptors (Lipinski definition) is 3. The maximum atomic E-state index is 14.1. The third-order valence-electron chi connectivity index (χ3n) is 3.71. The van der Waals surface area contributed by atoms with Crippen molar-refractivity contribution in [1.29, 1.82) is 0 Å². The molecule has 0 spiro atoms. The number of hydrogen-bond donors (Lipinski definition) is 2. The van der Waals surface area contributed by atoms with Crippen LogP contribution in [0.2, 0.25) is 0 Å². The zero-order valence-electron chi connectivity index (χ0n) is 13.1. The fourth-order valence-electron chi connectivity index (χ4n) is 2.40. The first kappa shape index (κ1) is 20.0. The van der Waals surface area contributed by atoms with Gasteiger partial charge in [-0.25, -0.2) is 5.01 Å². The van der Waals surface area contributed by atoms with Gasteiger partial charge in [0.25, 0.3) is 5.72 Å². The number of nitrogens with zero attached hydrogens (tertiary/aromatic N) is 1. The summed E-state index contributed by atoms with van der Waals surface area (Å²) in [6.45, 7) is 1.02. The van der Waals surface area contributed by atoms with E-state index in [4.69, 9.17) is 0 Å². The van der Waals surface area contributed by atoms with Crippen LogP contribution in [-0.4, -0.2) is 39.8 Å². The van der Waals surface area contributed by atoms with Crippen molar-refractivity contribution < 1.29 is 40.6 Å². The number of carbonyl (C=O) groups is 1. The minimum absolute atomic E-state index is 0.0511. The number of hydrazine groups is 1. The summed E-state index contributed by atoms with van der Waals surface area (Å²) in [7, 11) is 0. The van der Waals surface area contributed by atoms with E-state index in [9.17, 15) is 40.6 Å². The molecule has 26 heavy (non-hydrogen) atoms. The van der Waals surface area contributed by atoms with Crippen LogP contribution in [0.25, 0.3) is 0 Å². The molecule has 144 valence electrons. The molecule has 0 aromatic heterocycles. The summed E-state index contributed by atoms with van der Waals surface area (Å²) in [6, 6.07) is 7.41. The Labute approximate surface area is 142 Å². The lowest BCUT2D eigenvalue weighted by atomic mass is 9.97. The van der Waals surface area contributed by atoms with Crippen molar-refractivity contribution in [2.45, 2.75) is 37.1 Å². The molecule has 11 heteroatoms. The lowest BCUT2D eigenvalue weighted by Crippen LogP contribution is -2.70. The summed E-state index contributed by atoms with van der Waals surface area (Å²) in [5.41, 5.74) is -2.43. The van der Waals surface area contributed by atoms with Gasteiger partial charge in [-0.05, 0) is 18.6 Å². The molecule has 1 aromatic carbocycles. The Morgan fingerprint density at radius 2 is 1.65 bits per heavy atom. The van der Waals surface area contributed by atoms with Gasteiger partial charge in [-0.15, -0.1) is 0 Å². The van der Waals surface area contributed by atoms with E-state index in [-0.39, 0.29) is 16.6 Å². The highest BCUT2D eigenvalue weighted by Gasteiger charge is 2.81. The molecule has 0 unspecified atom stereocenters.